The molecule has 0 saturated heterocycles. The van der Waals surface area contributed by atoms with Crippen molar-refractivity contribution in [3.63, 3.8) is 0 Å². The molecule has 1 aromatic carbocycles. The number of aryl methyl sites for hydroxylation is 1. The molecule has 0 aliphatic heterocycles. The number of hydrogen-bond acceptors (Lipinski definition) is 6. The summed E-state index contributed by atoms with van der Waals surface area (Å²) in [5.41, 5.74) is -0.914. The molecular weight excluding hydrogens is 351 g/mol. The van der Waals surface area contributed by atoms with Gasteiger partial charge in [0.15, 0.2) is 5.82 Å². The van der Waals surface area contributed by atoms with Crippen LogP contribution in [0.5, 0.6) is 0 Å². The molecule has 0 spiro atoms. The zero-order valence-electron chi connectivity index (χ0n) is 13.3. The van der Waals surface area contributed by atoms with Crippen molar-refractivity contribution in [2.75, 3.05) is 10.6 Å². The number of alkyl halides is 3. The third-order valence-corrected chi connectivity index (χ3v) is 3.26. The Labute approximate surface area is 145 Å². The molecule has 7 nitrogen and oxygen atoms in total. The van der Waals surface area contributed by atoms with Crippen LogP contribution < -0.4 is 10.6 Å². The molecule has 0 aliphatic rings. The Morgan fingerprint density at radius 3 is 2.46 bits per heavy atom. The summed E-state index contributed by atoms with van der Waals surface area (Å²) in [6.07, 6.45) is -2.14. The molecule has 1 amide bonds. The Kier molecular flexibility index (Phi) is 4.57. The van der Waals surface area contributed by atoms with Gasteiger partial charge in [0.1, 0.15) is 5.76 Å². The van der Waals surface area contributed by atoms with Gasteiger partial charge in [0.2, 0.25) is 5.95 Å². The second-order valence-electron chi connectivity index (χ2n) is 5.24. The van der Waals surface area contributed by atoms with E-state index in [9.17, 15) is 18.0 Å². The summed E-state index contributed by atoms with van der Waals surface area (Å²) in [6, 6.07) is 6.49. The third-order valence-electron chi connectivity index (χ3n) is 3.26. The number of halogens is 3. The van der Waals surface area contributed by atoms with Crippen LogP contribution in [-0.4, -0.2) is 21.0 Å². The van der Waals surface area contributed by atoms with Crippen molar-refractivity contribution < 1.29 is 22.5 Å². The number of aromatic nitrogens is 3. The smallest absolute Gasteiger partial charge is 0.360 e. The highest BCUT2D eigenvalue weighted by atomic mass is 19.4. The van der Waals surface area contributed by atoms with Gasteiger partial charge >= 0.3 is 6.18 Å². The van der Waals surface area contributed by atoms with Gasteiger partial charge in [-0.15, -0.1) is 0 Å². The first-order valence-corrected chi connectivity index (χ1v) is 7.33. The predicted octanol–water partition coefficient (Wildman–Crippen LogP) is 3.79. The highest BCUT2D eigenvalue weighted by Crippen LogP contribution is 2.35. The van der Waals surface area contributed by atoms with Crippen LogP contribution in [0.15, 0.2) is 47.2 Å². The van der Waals surface area contributed by atoms with Crippen molar-refractivity contribution in [2.24, 2.45) is 0 Å². The first kappa shape index (κ1) is 17.4. The average molecular weight is 363 g/mol. The van der Waals surface area contributed by atoms with Gasteiger partial charge in [-0.25, -0.2) is 9.97 Å². The molecule has 0 atom stereocenters. The Hall–Kier alpha value is -3.43. The van der Waals surface area contributed by atoms with Gasteiger partial charge in [0.25, 0.3) is 5.91 Å². The maximum Gasteiger partial charge on any atom is 0.418 e. The van der Waals surface area contributed by atoms with Gasteiger partial charge in [-0.2, -0.15) is 13.2 Å². The summed E-state index contributed by atoms with van der Waals surface area (Å²) in [5, 5.41) is 8.60. The van der Waals surface area contributed by atoms with E-state index in [1.54, 1.807) is 6.92 Å². The number of nitrogens with one attached hydrogen (secondary N) is 2. The van der Waals surface area contributed by atoms with Gasteiger partial charge in [0, 0.05) is 18.5 Å². The lowest BCUT2D eigenvalue weighted by molar-refractivity contribution is -0.136. The Morgan fingerprint density at radius 1 is 1.15 bits per heavy atom. The number of carbonyl (C=O) groups excluding carboxylic acids is 1. The molecule has 26 heavy (non-hydrogen) atoms. The molecule has 0 aliphatic carbocycles. The molecule has 0 radical (unpaired) electrons. The van der Waals surface area contributed by atoms with E-state index in [0.717, 1.165) is 6.07 Å². The molecule has 3 rings (SSSR count). The number of anilines is 3. The Bertz CT molecular complexity index is 922. The van der Waals surface area contributed by atoms with Gasteiger partial charge in [-0.3, -0.25) is 4.79 Å². The highest BCUT2D eigenvalue weighted by Gasteiger charge is 2.33. The van der Waals surface area contributed by atoms with Crippen molar-refractivity contribution in [1.82, 2.24) is 15.1 Å². The number of amides is 1. The third kappa shape index (κ3) is 3.97. The molecule has 0 unspecified atom stereocenters. The predicted molar refractivity (Wildman–Crippen MR) is 86.0 cm³/mol. The number of nitrogens with zero attached hydrogens (tertiary/aromatic N) is 3. The monoisotopic (exact) mass is 363 g/mol. The Morgan fingerprint density at radius 2 is 1.85 bits per heavy atom. The molecule has 3 aromatic rings. The first-order chi connectivity index (χ1) is 12.3. The molecule has 10 heteroatoms. The maximum absolute atomic E-state index is 13.0. The number of hydrogen-bond donors (Lipinski definition) is 2. The Balaban J connectivity index is 1.73. The van der Waals surface area contributed by atoms with Crippen LogP contribution in [0.3, 0.4) is 0 Å². The number of para-hydroxylation sites is 1. The summed E-state index contributed by atoms with van der Waals surface area (Å²) >= 11 is 0. The molecular formula is C16H12F3N5O2. The van der Waals surface area contributed by atoms with Crippen molar-refractivity contribution in [3.8, 4) is 0 Å². The van der Waals surface area contributed by atoms with Crippen molar-refractivity contribution in [2.45, 2.75) is 13.1 Å². The van der Waals surface area contributed by atoms with Gasteiger partial charge in [0.05, 0.1) is 16.8 Å². The standard InChI is InChI=1S/C16H12F3N5O2/c1-9-6-13(24-26-9)23-14(25)10-7-20-15(21-8-10)22-12-5-3-2-4-11(12)16(17,18)19/h2-8H,1H3,(H,20,21,22)(H,23,24,25). The topological polar surface area (TPSA) is 92.9 Å². The summed E-state index contributed by atoms with van der Waals surface area (Å²) in [4.78, 5) is 19.8. The van der Waals surface area contributed by atoms with Crippen LogP contribution in [0.25, 0.3) is 0 Å². The lowest BCUT2D eigenvalue weighted by atomic mass is 10.1. The largest absolute Gasteiger partial charge is 0.418 e. The maximum atomic E-state index is 13.0. The van der Waals surface area contributed by atoms with Crippen LogP contribution in [0.2, 0.25) is 0 Å². The minimum atomic E-state index is -4.51. The van der Waals surface area contributed by atoms with E-state index in [0.29, 0.717) is 5.76 Å². The molecule has 2 heterocycles. The fourth-order valence-corrected chi connectivity index (χ4v) is 2.08. The van der Waals surface area contributed by atoms with Crippen molar-refractivity contribution in [1.29, 1.82) is 0 Å². The van der Waals surface area contributed by atoms with Crippen molar-refractivity contribution in [3.05, 3.63) is 59.6 Å². The normalized spacial score (nSPS) is 11.2. The lowest BCUT2D eigenvalue weighted by Crippen LogP contribution is -2.13. The average Bonchev–Trinajstić information content (AvgIpc) is 3.00. The van der Waals surface area contributed by atoms with E-state index >= 15 is 0 Å². The fraction of sp³-hybridized carbons (Fsp3) is 0.125. The summed E-state index contributed by atoms with van der Waals surface area (Å²) < 4.78 is 43.8. The number of carbonyl (C=O) groups is 1. The van der Waals surface area contributed by atoms with Crippen LogP contribution in [-0.2, 0) is 6.18 Å². The minimum Gasteiger partial charge on any atom is -0.360 e. The SMILES string of the molecule is Cc1cc(NC(=O)c2cnc(Nc3ccccc3C(F)(F)F)nc2)no1. The second-order valence-corrected chi connectivity index (χ2v) is 5.24. The van der Waals surface area contributed by atoms with Crippen LogP contribution >= 0.6 is 0 Å². The zero-order chi connectivity index (χ0) is 18.7. The summed E-state index contributed by atoms with van der Waals surface area (Å²) in [5.74, 6) is 0.157. The van der Waals surface area contributed by atoms with Gasteiger partial charge in [-0.1, -0.05) is 17.3 Å². The van der Waals surface area contributed by atoms with E-state index in [1.165, 1.54) is 36.7 Å². The van der Waals surface area contributed by atoms with Gasteiger partial charge in [-0.05, 0) is 19.1 Å². The molecule has 134 valence electrons. The van der Waals surface area contributed by atoms with E-state index in [4.69, 9.17) is 4.52 Å². The lowest BCUT2D eigenvalue weighted by Gasteiger charge is -2.13. The van der Waals surface area contributed by atoms with Crippen LogP contribution in [0.1, 0.15) is 21.7 Å². The molecule has 2 aromatic heterocycles. The van der Waals surface area contributed by atoms with Gasteiger partial charge < -0.3 is 15.2 Å². The summed E-state index contributed by atoms with van der Waals surface area (Å²) in [7, 11) is 0. The molecule has 0 fully saturated rings. The second kappa shape index (κ2) is 6.82. The van der Waals surface area contributed by atoms with Crippen LogP contribution in [0, 0.1) is 6.92 Å². The highest BCUT2D eigenvalue weighted by molar-refractivity contribution is 6.03. The minimum absolute atomic E-state index is 0.0736. The van der Waals surface area contributed by atoms with E-state index < -0.39 is 17.6 Å². The first-order valence-electron chi connectivity index (χ1n) is 7.33. The number of rotatable bonds is 4. The molecule has 0 saturated carbocycles. The van der Waals surface area contributed by atoms with E-state index in [-0.39, 0.29) is 23.0 Å². The quantitative estimate of drug-likeness (QED) is 0.733. The van der Waals surface area contributed by atoms with Crippen LogP contribution in [0.4, 0.5) is 30.6 Å². The number of benzene rings is 1. The van der Waals surface area contributed by atoms with E-state index in [1.807, 2.05) is 0 Å². The molecule has 0 bridgehead atoms. The zero-order valence-corrected chi connectivity index (χ0v) is 13.3. The molecule has 2 N–H and O–H groups in total. The van der Waals surface area contributed by atoms with Crippen molar-refractivity contribution >= 4 is 23.4 Å². The van der Waals surface area contributed by atoms with E-state index in [2.05, 4.69) is 25.8 Å². The fourth-order valence-electron chi connectivity index (χ4n) is 2.08. The summed E-state index contributed by atoms with van der Waals surface area (Å²) in [6.45, 7) is 1.67.